The smallest absolute Gasteiger partial charge is 0.170 e. The van der Waals surface area contributed by atoms with Gasteiger partial charge in [-0.25, -0.2) is 4.98 Å². The van der Waals surface area contributed by atoms with Crippen molar-refractivity contribution in [1.29, 1.82) is 0 Å². The Morgan fingerprint density at radius 1 is 0.897 bits per heavy atom. The van der Waals surface area contributed by atoms with Gasteiger partial charge in [0.05, 0.1) is 17.8 Å². The van der Waals surface area contributed by atoms with Crippen LogP contribution >= 0.6 is 12.2 Å². The van der Waals surface area contributed by atoms with E-state index in [-0.39, 0.29) is 12.1 Å². The van der Waals surface area contributed by atoms with Crippen molar-refractivity contribution >= 4 is 17.3 Å². The predicted molar refractivity (Wildman–Crippen MR) is 118 cm³/mol. The second-order valence-electron chi connectivity index (χ2n) is 7.82. The first-order valence-electron chi connectivity index (χ1n) is 10.4. The van der Waals surface area contributed by atoms with Gasteiger partial charge in [-0.3, -0.25) is 4.98 Å². The minimum absolute atomic E-state index is 0.0167. The van der Waals surface area contributed by atoms with E-state index in [1.54, 1.807) is 0 Å². The molecule has 2 aliphatic rings. The van der Waals surface area contributed by atoms with Gasteiger partial charge in [0, 0.05) is 30.3 Å². The first kappa shape index (κ1) is 18.3. The van der Waals surface area contributed by atoms with E-state index in [2.05, 4.69) is 49.1 Å². The number of pyridine rings is 2. The fourth-order valence-electron chi connectivity index (χ4n) is 4.77. The summed E-state index contributed by atoms with van der Waals surface area (Å²) in [6.45, 7) is 0. The predicted octanol–water partition coefficient (Wildman–Crippen LogP) is 4.57. The molecule has 148 valence electrons. The lowest BCUT2D eigenvalue weighted by atomic mass is 9.92. The molecule has 5 rings (SSSR count). The molecule has 6 heteroatoms. The number of thiocarbonyl (C=S) groups is 1. The van der Waals surface area contributed by atoms with Gasteiger partial charge in [-0.15, -0.1) is 0 Å². The van der Waals surface area contributed by atoms with E-state index in [1.807, 2.05) is 42.7 Å². The molecule has 1 saturated carbocycles. The van der Waals surface area contributed by atoms with E-state index >= 15 is 0 Å². The molecule has 2 fully saturated rings. The van der Waals surface area contributed by atoms with Gasteiger partial charge in [0.25, 0.3) is 0 Å². The highest BCUT2D eigenvalue weighted by Gasteiger charge is 2.44. The topological polar surface area (TPSA) is 46.0 Å². The van der Waals surface area contributed by atoms with E-state index < -0.39 is 0 Å². The molecule has 0 unspecified atom stereocenters. The summed E-state index contributed by atoms with van der Waals surface area (Å²) < 4.78 is 2.19. The Bertz CT molecular complexity index is 965. The highest BCUT2D eigenvalue weighted by molar-refractivity contribution is 7.80. The van der Waals surface area contributed by atoms with E-state index in [0.29, 0.717) is 6.04 Å². The summed E-state index contributed by atoms with van der Waals surface area (Å²) in [6.07, 6.45) is 12.0. The minimum atomic E-state index is 0.0167. The number of rotatable bonds is 4. The fourth-order valence-corrected chi connectivity index (χ4v) is 5.16. The third-order valence-corrected chi connectivity index (χ3v) is 6.41. The molecule has 2 atom stereocenters. The van der Waals surface area contributed by atoms with Gasteiger partial charge in [-0.2, -0.15) is 0 Å². The molecule has 3 aromatic rings. The molecular weight excluding hydrogens is 378 g/mol. The Morgan fingerprint density at radius 3 is 2.41 bits per heavy atom. The molecule has 1 saturated heterocycles. The lowest BCUT2D eigenvalue weighted by Crippen LogP contribution is -2.40. The van der Waals surface area contributed by atoms with Crippen molar-refractivity contribution in [2.45, 2.75) is 50.2 Å². The number of nitrogens with zero attached hydrogens (tertiary/aromatic N) is 4. The van der Waals surface area contributed by atoms with E-state index in [1.165, 1.54) is 37.8 Å². The van der Waals surface area contributed by atoms with Gasteiger partial charge in [0.15, 0.2) is 5.11 Å². The molecule has 29 heavy (non-hydrogen) atoms. The SMILES string of the molecule is S=C1N[C@@H](c2ccccn2)[C@H](c2cccn2-c2ccccn2)N1C1CCCCC1. The summed E-state index contributed by atoms with van der Waals surface area (Å²) in [5.41, 5.74) is 2.21. The van der Waals surface area contributed by atoms with Crippen LogP contribution < -0.4 is 5.32 Å². The molecular formula is C23H25N5S. The minimum Gasteiger partial charge on any atom is -0.352 e. The van der Waals surface area contributed by atoms with Crippen molar-refractivity contribution in [2.75, 3.05) is 0 Å². The Hall–Kier alpha value is -2.73. The van der Waals surface area contributed by atoms with Crippen LogP contribution in [-0.4, -0.2) is 30.6 Å². The molecule has 0 aromatic carbocycles. The number of hydrogen-bond donors (Lipinski definition) is 1. The first-order chi connectivity index (χ1) is 14.3. The number of nitrogens with one attached hydrogen (secondary N) is 1. The third-order valence-electron chi connectivity index (χ3n) is 6.08. The van der Waals surface area contributed by atoms with Gasteiger partial charge in [0.1, 0.15) is 5.82 Å². The average molecular weight is 404 g/mol. The maximum Gasteiger partial charge on any atom is 0.170 e. The van der Waals surface area contributed by atoms with Gasteiger partial charge >= 0.3 is 0 Å². The average Bonchev–Trinajstić information content (AvgIpc) is 3.40. The van der Waals surface area contributed by atoms with Crippen molar-refractivity contribution in [2.24, 2.45) is 0 Å². The third kappa shape index (κ3) is 3.42. The quantitative estimate of drug-likeness (QED) is 0.647. The fraction of sp³-hybridized carbons (Fsp3) is 0.348. The van der Waals surface area contributed by atoms with Crippen LogP contribution in [0.4, 0.5) is 0 Å². The molecule has 1 aliphatic heterocycles. The summed E-state index contributed by atoms with van der Waals surface area (Å²) in [6, 6.07) is 17.0. The van der Waals surface area contributed by atoms with Gasteiger partial charge in [-0.1, -0.05) is 31.4 Å². The largest absolute Gasteiger partial charge is 0.352 e. The second kappa shape index (κ2) is 7.95. The van der Waals surface area contributed by atoms with E-state index in [9.17, 15) is 0 Å². The van der Waals surface area contributed by atoms with Crippen molar-refractivity contribution in [1.82, 2.24) is 24.8 Å². The van der Waals surface area contributed by atoms with Gasteiger partial charge in [-0.05, 0) is 61.5 Å². The molecule has 4 heterocycles. The summed E-state index contributed by atoms with van der Waals surface area (Å²) in [7, 11) is 0. The molecule has 0 radical (unpaired) electrons. The van der Waals surface area contributed by atoms with E-state index in [0.717, 1.165) is 16.6 Å². The molecule has 5 nitrogen and oxygen atoms in total. The zero-order valence-corrected chi connectivity index (χ0v) is 17.1. The van der Waals surface area contributed by atoms with Crippen LogP contribution in [0.5, 0.6) is 0 Å². The Kier molecular flexibility index (Phi) is 5.02. The molecule has 0 bridgehead atoms. The molecule has 1 aliphatic carbocycles. The van der Waals surface area contributed by atoms with Crippen molar-refractivity contribution in [3.05, 3.63) is 78.5 Å². The lowest BCUT2D eigenvalue weighted by molar-refractivity contribution is 0.193. The monoisotopic (exact) mass is 403 g/mol. The molecule has 3 aromatic heterocycles. The highest BCUT2D eigenvalue weighted by atomic mass is 32.1. The standard InChI is InChI=1S/C23H25N5S/c29-23-26-21(18-11-4-6-14-24-18)22(28(23)17-9-2-1-3-10-17)19-12-8-16-27(19)20-13-5-7-15-25-20/h4-8,11-17,21-22H,1-3,9-10H2,(H,26,29)/t21-,22-/m0/s1. The van der Waals surface area contributed by atoms with Crippen LogP contribution in [0.2, 0.25) is 0 Å². The normalized spacial score (nSPS) is 22.6. The van der Waals surface area contributed by atoms with Crippen LogP contribution in [0.3, 0.4) is 0 Å². The molecule has 1 N–H and O–H groups in total. The Morgan fingerprint density at radius 2 is 1.69 bits per heavy atom. The number of aromatic nitrogens is 3. The van der Waals surface area contributed by atoms with Crippen molar-refractivity contribution in [3.8, 4) is 5.82 Å². The Labute approximate surface area is 176 Å². The summed E-state index contributed by atoms with van der Waals surface area (Å²) in [4.78, 5) is 11.7. The summed E-state index contributed by atoms with van der Waals surface area (Å²) in [5.74, 6) is 0.925. The van der Waals surface area contributed by atoms with Crippen LogP contribution in [0.25, 0.3) is 5.82 Å². The summed E-state index contributed by atoms with van der Waals surface area (Å²) >= 11 is 5.87. The van der Waals surface area contributed by atoms with Crippen LogP contribution in [0.1, 0.15) is 55.6 Å². The van der Waals surface area contributed by atoms with Gasteiger partial charge < -0.3 is 14.8 Å². The zero-order valence-electron chi connectivity index (χ0n) is 16.3. The van der Waals surface area contributed by atoms with Crippen molar-refractivity contribution < 1.29 is 0 Å². The second-order valence-corrected chi connectivity index (χ2v) is 8.20. The van der Waals surface area contributed by atoms with E-state index in [4.69, 9.17) is 12.2 Å². The number of hydrogen-bond acceptors (Lipinski definition) is 3. The molecule has 0 spiro atoms. The highest BCUT2D eigenvalue weighted by Crippen LogP contribution is 2.42. The van der Waals surface area contributed by atoms with Crippen LogP contribution in [-0.2, 0) is 0 Å². The first-order valence-corrected chi connectivity index (χ1v) is 10.8. The lowest BCUT2D eigenvalue weighted by Gasteiger charge is -2.37. The Balaban J connectivity index is 1.61. The maximum absolute atomic E-state index is 5.87. The van der Waals surface area contributed by atoms with Crippen molar-refractivity contribution in [3.63, 3.8) is 0 Å². The van der Waals surface area contributed by atoms with Crippen LogP contribution in [0.15, 0.2) is 67.1 Å². The molecule has 0 amide bonds. The van der Waals surface area contributed by atoms with Crippen LogP contribution in [0, 0.1) is 0 Å². The summed E-state index contributed by atoms with van der Waals surface area (Å²) in [5, 5.41) is 4.43. The van der Waals surface area contributed by atoms with Gasteiger partial charge in [0.2, 0.25) is 0 Å². The maximum atomic E-state index is 5.87. The zero-order chi connectivity index (χ0) is 19.6.